The quantitative estimate of drug-likeness (QED) is 0.835. The van der Waals surface area contributed by atoms with Crippen molar-refractivity contribution in [3.63, 3.8) is 0 Å². The van der Waals surface area contributed by atoms with Gasteiger partial charge in [0.05, 0.1) is 11.6 Å². The van der Waals surface area contributed by atoms with Crippen molar-refractivity contribution in [1.82, 2.24) is 4.90 Å². The molecule has 0 N–H and O–H groups in total. The van der Waals surface area contributed by atoms with Crippen LogP contribution in [0.3, 0.4) is 0 Å². The fourth-order valence-corrected chi connectivity index (χ4v) is 3.05. The van der Waals surface area contributed by atoms with Gasteiger partial charge >= 0.3 is 0 Å². The van der Waals surface area contributed by atoms with E-state index < -0.39 is 0 Å². The number of nitrogens with zero attached hydrogens (tertiary/aromatic N) is 2. The Kier molecular flexibility index (Phi) is 3.00. The summed E-state index contributed by atoms with van der Waals surface area (Å²) in [6.45, 7) is 1.15. The molecule has 0 bridgehead atoms. The molecule has 2 aromatic rings. The van der Waals surface area contributed by atoms with Crippen LogP contribution in [-0.2, 0) is 0 Å². The van der Waals surface area contributed by atoms with Gasteiger partial charge in [0.2, 0.25) is 0 Å². The second kappa shape index (κ2) is 4.68. The highest BCUT2D eigenvalue weighted by Gasteiger charge is 2.39. The molecule has 3 rings (SSSR count). The van der Waals surface area contributed by atoms with Gasteiger partial charge in [-0.1, -0.05) is 30.3 Å². The Morgan fingerprint density at radius 2 is 1.89 bits per heavy atom. The third-order valence-electron chi connectivity index (χ3n) is 4.00. The maximum atomic E-state index is 9.20. The summed E-state index contributed by atoms with van der Waals surface area (Å²) in [5.41, 5.74) is 2.20. The summed E-state index contributed by atoms with van der Waals surface area (Å²) in [6, 6.07) is 14.7. The van der Waals surface area contributed by atoms with E-state index in [0.29, 0.717) is 5.92 Å². The smallest absolute Gasteiger partial charge is 0.0998 e. The van der Waals surface area contributed by atoms with Gasteiger partial charge in [-0.15, -0.1) is 0 Å². The van der Waals surface area contributed by atoms with E-state index >= 15 is 0 Å². The summed E-state index contributed by atoms with van der Waals surface area (Å²) in [4.78, 5) is 2.26. The first-order valence-electron chi connectivity index (χ1n) is 6.77. The van der Waals surface area contributed by atoms with Gasteiger partial charge in [0.1, 0.15) is 0 Å². The summed E-state index contributed by atoms with van der Waals surface area (Å²) in [6.07, 6.45) is 1.27. The van der Waals surface area contributed by atoms with Crippen LogP contribution >= 0.6 is 0 Å². The predicted octanol–water partition coefficient (Wildman–Crippen LogP) is 3.38. The van der Waals surface area contributed by atoms with Crippen LogP contribution in [0.4, 0.5) is 0 Å². The lowest BCUT2D eigenvalue weighted by Crippen LogP contribution is -2.15. The molecule has 2 unspecified atom stereocenters. The number of hydrogen-bond acceptors (Lipinski definition) is 2. The molecule has 0 heterocycles. The molecule has 1 fully saturated rings. The van der Waals surface area contributed by atoms with Crippen LogP contribution in [0.1, 0.15) is 23.5 Å². The minimum atomic E-state index is 0.667. The molecule has 0 amide bonds. The van der Waals surface area contributed by atoms with Crippen LogP contribution in [0, 0.1) is 17.2 Å². The molecule has 0 aliphatic heterocycles. The van der Waals surface area contributed by atoms with Crippen molar-refractivity contribution >= 4 is 10.8 Å². The Balaban J connectivity index is 2.00. The molecular weight excluding hydrogens is 232 g/mol. The Labute approximate surface area is 114 Å². The fraction of sp³-hybridized carbons (Fsp3) is 0.353. The molecule has 19 heavy (non-hydrogen) atoms. The SMILES string of the molecule is CN(C)CC1CC1c1cccc2c(C#N)cccc12. The minimum Gasteiger partial charge on any atom is -0.309 e. The first-order valence-corrected chi connectivity index (χ1v) is 6.77. The highest BCUT2D eigenvalue weighted by molar-refractivity contribution is 5.91. The van der Waals surface area contributed by atoms with E-state index in [2.05, 4.69) is 49.3 Å². The lowest BCUT2D eigenvalue weighted by molar-refractivity contribution is 0.385. The van der Waals surface area contributed by atoms with E-state index in [9.17, 15) is 5.26 Å². The summed E-state index contributed by atoms with van der Waals surface area (Å²) < 4.78 is 0. The van der Waals surface area contributed by atoms with Gasteiger partial charge in [-0.3, -0.25) is 0 Å². The molecule has 0 spiro atoms. The monoisotopic (exact) mass is 250 g/mol. The molecule has 2 aromatic carbocycles. The van der Waals surface area contributed by atoms with Crippen molar-refractivity contribution in [1.29, 1.82) is 5.26 Å². The van der Waals surface area contributed by atoms with Gasteiger partial charge in [-0.25, -0.2) is 0 Å². The molecule has 1 aliphatic carbocycles. The van der Waals surface area contributed by atoms with Gasteiger partial charge in [0.25, 0.3) is 0 Å². The lowest BCUT2D eigenvalue weighted by atomic mass is 9.97. The summed E-state index contributed by atoms with van der Waals surface area (Å²) in [5, 5.41) is 11.5. The van der Waals surface area contributed by atoms with Crippen LogP contribution in [0.5, 0.6) is 0 Å². The van der Waals surface area contributed by atoms with Gasteiger partial charge in [0.15, 0.2) is 0 Å². The molecule has 0 aromatic heterocycles. The molecule has 1 aliphatic rings. The molecule has 2 atom stereocenters. The summed E-state index contributed by atoms with van der Waals surface area (Å²) in [5.74, 6) is 1.44. The number of hydrogen-bond donors (Lipinski definition) is 0. The van der Waals surface area contributed by atoms with Gasteiger partial charge in [-0.05, 0) is 54.8 Å². The van der Waals surface area contributed by atoms with Crippen LogP contribution in [0.15, 0.2) is 36.4 Å². The van der Waals surface area contributed by atoms with Gasteiger partial charge in [-0.2, -0.15) is 5.26 Å². The zero-order chi connectivity index (χ0) is 13.4. The average Bonchev–Trinajstić information content (AvgIpc) is 3.15. The Morgan fingerprint density at radius 1 is 1.16 bits per heavy atom. The first-order chi connectivity index (χ1) is 9.20. The van der Waals surface area contributed by atoms with Crippen LogP contribution in [-0.4, -0.2) is 25.5 Å². The van der Waals surface area contributed by atoms with Gasteiger partial charge < -0.3 is 4.90 Å². The molecule has 0 saturated heterocycles. The lowest BCUT2D eigenvalue weighted by Gasteiger charge is -2.10. The largest absolute Gasteiger partial charge is 0.309 e. The van der Waals surface area contributed by atoms with Gasteiger partial charge in [0, 0.05) is 6.54 Å². The molecule has 2 nitrogen and oxygen atoms in total. The van der Waals surface area contributed by atoms with Crippen molar-refractivity contribution in [3.05, 3.63) is 47.5 Å². The summed E-state index contributed by atoms with van der Waals surface area (Å²) >= 11 is 0. The van der Waals surface area contributed by atoms with Crippen molar-refractivity contribution in [2.45, 2.75) is 12.3 Å². The predicted molar refractivity (Wildman–Crippen MR) is 78.1 cm³/mol. The van der Waals surface area contributed by atoms with E-state index in [4.69, 9.17) is 0 Å². The van der Waals surface area contributed by atoms with E-state index in [-0.39, 0.29) is 0 Å². The maximum absolute atomic E-state index is 9.20. The number of nitriles is 1. The van der Waals surface area contributed by atoms with Crippen LogP contribution < -0.4 is 0 Å². The molecule has 96 valence electrons. The highest BCUT2D eigenvalue weighted by Crippen LogP contribution is 2.49. The van der Waals surface area contributed by atoms with Crippen LogP contribution in [0.25, 0.3) is 10.8 Å². The van der Waals surface area contributed by atoms with E-state index in [0.717, 1.165) is 23.4 Å². The zero-order valence-corrected chi connectivity index (χ0v) is 11.4. The van der Waals surface area contributed by atoms with Crippen molar-refractivity contribution < 1.29 is 0 Å². The van der Waals surface area contributed by atoms with Crippen molar-refractivity contribution in [2.24, 2.45) is 5.92 Å². The number of rotatable bonds is 3. The Hall–Kier alpha value is -1.85. The molecular formula is C17H18N2. The fourth-order valence-electron chi connectivity index (χ4n) is 3.05. The maximum Gasteiger partial charge on any atom is 0.0998 e. The number of fused-ring (bicyclic) bond motifs is 1. The third-order valence-corrected chi connectivity index (χ3v) is 4.00. The molecule has 1 saturated carbocycles. The molecule has 2 heteroatoms. The standard InChI is InChI=1S/C17H18N2/c1-19(2)11-13-9-17(13)16-8-4-6-14-12(10-18)5-3-7-15(14)16/h3-8,13,17H,9,11H2,1-2H3. The average molecular weight is 250 g/mol. The zero-order valence-electron chi connectivity index (χ0n) is 11.4. The normalized spacial score (nSPS) is 21.6. The highest BCUT2D eigenvalue weighted by atomic mass is 15.1. The second-order valence-electron chi connectivity index (χ2n) is 5.72. The van der Waals surface area contributed by atoms with E-state index in [1.54, 1.807) is 0 Å². The van der Waals surface area contributed by atoms with E-state index in [1.165, 1.54) is 17.4 Å². The Morgan fingerprint density at radius 3 is 2.63 bits per heavy atom. The third kappa shape index (κ3) is 2.22. The van der Waals surface area contributed by atoms with E-state index in [1.807, 2.05) is 12.1 Å². The number of benzene rings is 2. The minimum absolute atomic E-state index is 0.667. The first kappa shape index (κ1) is 12.2. The summed E-state index contributed by atoms with van der Waals surface area (Å²) in [7, 11) is 4.26. The van der Waals surface area contributed by atoms with Crippen molar-refractivity contribution in [3.8, 4) is 6.07 Å². The second-order valence-corrected chi connectivity index (χ2v) is 5.72. The molecule has 0 radical (unpaired) electrons. The van der Waals surface area contributed by atoms with Crippen molar-refractivity contribution in [2.75, 3.05) is 20.6 Å². The Bertz CT molecular complexity index is 652. The topological polar surface area (TPSA) is 27.0 Å². The van der Waals surface area contributed by atoms with Crippen LogP contribution in [0.2, 0.25) is 0 Å².